The van der Waals surface area contributed by atoms with Crippen molar-refractivity contribution in [1.29, 1.82) is 0 Å². The van der Waals surface area contributed by atoms with Gasteiger partial charge in [-0.3, -0.25) is 4.90 Å². The molecule has 2 unspecified atom stereocenters. The molecule has 1 fully saturated rings. The fourth-order valence-electron chi connectivity index (χ4n) is 1.88. The van der Waals surface area contributed by atoms with Crippen LogP contribution in [0.1, 0.15) is 40.5 Å². The number of carbonyl (C=O) groups excluding carboxylic acids is 1. The van der Waals surface area contributed by atoms with Crippen LogP contribution in [0.15, 0.2) is 0 Å². The number of carbonyl (C=O) groups is 2. The van der Waals surface area contributed by atoms with Crippen molar-refractivity contribution in [2.75, 3.05) is 5.75 Å². The second kappa shape index (κ2) is 5.82. The van der Waals surface area contributed by atoms with Gasteiger partial charge in [-0.25, -0.2) is 9.59 Å². The van der Waals surface area contributed by atoms with Crippen molar-refractivity contribution in [2.45, 2.75) is 57.5 Å². The molecule has 0 saturated carbocycles. The second-order valence-corrected chi connectivity index (χ2v) is 6.73. The van der Waals surface area contributed by atoms with Gasteiger partial charge < -0.3 is 10.4 Å². The van der Waals surface area contributed by atoms with Gasteiger partial charge in [0, 0.05) is 11.3 Å². The lowest BCUT2D eigenvalue weighted by molar-refractivity contribution is -0.141. The quantitative estimate of drug-likeness (QED) is 0.827. The van der Waals surface area contributed by atoms with Crippen LogP contribution in [0.25, 0.3) is 0 Å². The number of carboxylic acids is 1. The van der Waals surface area contributed by atoms with Crippen LogP contribution < -0.4 is 5.32 Å². The van der Waals surface area contributed by atoms with Crippen LogP contribution in [0.5, 0.6) is 0 Å². The average molecular weight is 274 g/mol. The molecule has 0 aromatic rings. The summed E-state index contributed by atoms with van der Waals surface area (Å²) in [6.07, 6.45) is 1.76. The molecule has 1 rings (SSSR count). The van der Waals surface area contributed by atoms with Gasteiger partial charge in [0.2, 0.25) is 0 Å². The Bertz CT molecular complexity index is 328. The molecule has 0 spiro atoms. The van der Waals surface area contributed by atoms with Gasteiger partial charge in [0.05, 0.1) is 5.37 Å². The fraction of sp³-hybridized carbons (Fsp3) is 0.833. The van der Waals surface area contributed by atoms with E-state index >= 15 is 0 Å². The summed E-state index contributed by atoms with van der Waals surface area (Å²) in [4.78, 5) is 24.9. The van der Waals surface area contributed by atoms with Crippen LogP contribution in [0.2, 0.25) is 0 Å². The van der Waals surface area contributed by atoms with E-state index in [0.717, 1.165) is 12.8 Å². The minimum Gasteiger partial charge on any atom is -0.480 e. The molecular weight excluding hydrogens is 252 g/mol. The molecule has 0 bridgehead atoms. The molecule has 2 atom stereocenters. The zero-order chi connectivity index (χ0) is 13.9. The summed E-state index contributed by atoms with van der Waals surface area (Å²) in [7, 11) is 0. The Hall–Kier alpha value is -0.910. The Morgan fingerprint density at radius 3 is 2.50 bits per heavy atom. The lowest BCUT2D eigenvalue weighted by atomic mass is 10.1. The molecule has 104 valence electrons. The topological polar surface area (TPSA) is 69.6 Å². The van der Waals surface area contributed by atoms with Crippen LogP contribution in [0, 0.1) is 0 Å². The van der Waals surface area contributed by atoms with Gasteiger partial charge in [-0.05, 0) is 27.2 Å². The van der Waals surface area contributed by atoms with Crippen LogP contribution >= 0.6 is 11.8 Å². The van der Waals surface area contributed by atoms with E-state index in [1.54, 1.807) is 11.8 Å². The van der Waals surface area contributed by atoms with Gasteiger partial charge >= 0.3 is 12.0 Å². The summed E-state index contributed by atoms with van der Waals surface area (Å²) < 4.78 is 0. The lowest BCUT2D eigenvalue weighted by Gasteiger charge is -2.31. The van der Waals surface area contributed by atoms with Crippen molar-refractivity contribution in [3.63, 3.8) is 0 Å². The number of hydrogen-bond acceptors (Lipinski definition) is 3. The second-order valence-electron chi connectivity index (χ2n) is 5.52. The molecule has 0 aromatic heterocycles. The summed E-state index contributed by atoms with van der Waals surface area (Å²) in [5.41, 5.74) is -0.357. The Labute approximate surface area is 112 Å². The molecule has 1 aliphatic heterocycles. The largest absolute Gasteiger partial charge is 0.480 e. The Morgan fingerprint density at radius 1 is 1.44 bits per heavy atom. The summed E-state index contributed by atoms with van der Waals surface area (Å²) in [6.45, 7) is 7.70. The number of nitrogens with one attached hydrogen (secondary N) is 1. The van der Waals surface area contributed by atoms with Crippen LogP contribution in [0.3, 0.4) is 0 Å². The number of amides is 2. The van der Waals surface area contributed by atoms with Crippen LogP contribution in [0.4, 0.5) is 4.79 Å². The fourth-order valence-corrected chi connectivity index (χ4v) is 3.39. The smallest absolute Gasteiger partial charge is 0.327 e. The lowest BCUT2D eigenvalue weighted by Crippen LogP contribution is -2.54. The monoisotopic (exact) mass is 274 g/mol. The molecule has 6 heteroatoms. The summed E-state index contributed by atoms with van der Waals surface area (Å²) in [5, 5.41) is 12.0. The highest BCUT2D eigenvalue weighted by atomic mass is 32.2. The molecule has 1 saturated heterocycles. The van der Waals surface area contributed by atoms with E-state index < -0.39 is 12.0 Å². The van der Waals surface area contributed by atoms with Gasteiger partial charge in [-0.1, -0.05) is 13.3 Å². The Morgan fingerprint density at radius 2 is 2.06 bits per heavy atom. The molecular formula is C12H22N2O3S. The van der Waals surface area contributed by atoms with E-state index in [-0.39, 0.29) is 16.9 Å². The maximum atomic E-state index is 12.2. The van der Waals surface area contributed by atoms with Crippen molar-refractivity contribution in [2.24, 2.45) is 0 Å². The van der Waals surface area contributed by atoms with Crippen LogP contribution in [-0.2, 0) is 4.79 Å². The molecule has 0 aromatic carbocycles. The van der Waals surface area contributed by atoms with E-state index in [4.69, 9.17) is 0 Å². The molecule has 5 nitrogen and oxygen atoms in total. The van der Waals surface area contributed by atoms with Gasteiger partial charge in [0.1, 0.15) is 6.04 Å². The molecule has 0 radical (unpaired) electrons. The van der Waals surface area contributed by atoms with Gasteiger partial charge in [0.25, 0.3) is 0 Å². The zero-order valence-corrected chi connectivity index (χ0v) is 12.2. The first-order valence-electron chi connectivity index (χ1n) is 6.21. The van der Waals surface area contributed by atoms with Gasteiger partial charge in [0.15, 0.2) is 0 Å². The summed E-state index contributed by atoms with van der Waals surface area (Å²) in [6, 6.07) is -0.993. The molecule has 0 aliphatic carbocycles. The van der Waals surface area contributed by atoms with Crippen molar-refractivity contribution in [1.82, 2.24) is 10.2 Å². The first-order chi connectivity index (χ1) is 8.26. The number of urea groups is 1. The highest BCUT2D eigenvalue weighted by molar-refractivity contribution is 8.00. The maximum absolute atomic E-state index is 12.2. The van der Waals surface area contributed by atoms with Crippen LogP contribution in [-0.4, -0.2) is 44.7 Å². The third-order valence-corrected chi connectivity index (χ3v) is 3.99. The molecule has 1 aliphatic rings. The van der Waals surface area contributed by atoms with Gasteiger partial charge in [-0.15, -0.1) is 11.8 Å². The Balaban J connectivity index is 2.82. The van der Waals surface area contributed by atoms with E-state index in [1.807, 2.05) is 27.7 Å². The van der Waals surface area contributed by atoms with E-state index in [0.29, 0.717) is 5.75 Å². The highest BCUT2D eigenvalue weighted by Crippen LogP contribution is 2.32. The third kappa shape index (κ3) is 3.80. The minimum atomic E-state index is -0.926. The minimum absolute atomic E-state index is 0.0292. The molecule has 1 heterocycles. The van der Waals surface area contributed by atoms with Gasteiger partial charge in [-0.2, -0.15) is 0 Å². The number of rotatable bonds is 3. The summed E-state index contributed by atoms with van der Waals surface area (Å²) >= 11 is 1.55. The summed E-state index contributed by atoms with van der Waals surface area (Å²) in [5.74, 6) is -0.456. The predicted molar refractivity (Wildman–Crippen MR) is 72.7 cm³/mol. The van der Waals surface area contributed by atoms with Crippen molar-refractivity contribution in [3.05, 3.63) is 0 Å². The third-order valence-electron chi connectivity index (χ3n) is 2.63. The molecule has 2 amide bonds. The zero-order valence-electron chi connectivity index (χ0n) is 11.4. The average Bonchev–Trinajstić information content (AvgIpc) is 2.59. The van der Waals surface area contributed by atoms with Crippen molar-refractivity contribution >= 4 is 23.8 Å². The van der Waals surface area contributed by atoms with Crippen molar-refractivity contribution in [3.8, 4) is 0 Å². The first kappa shape index (κ1) is 15.1. The normalized spacial score (nSPS) is 24.1. The maximum Gasteiger partial charge on any atom is 0.327 e. The first-order valence-corrected chi connectivity index (χ1v) is 7.26. The number of nitrogens with zero attached hydrogens (tertiary/aromatic N) is 1. The van der Waals surface area contributed by atoms with E-state index in [1.165, 1.54) is 4.90 Å². The number of thioether (sulfide) groups is 1. The van der Waals surface area contributed by atoms with E-state index in [2.05, 4.69) is 5.32 Å². The number of aliphatic carboxylic acids is 1. The van der Waals surface area contributed by atoms with Crippen molar-refractivity contribution < 1.29 is 14.7 Å². The SMILES string of the molecule is CCCC1SCC(C(=O)O)N1C(=O)NC(C)(C)C. The Kier molecular flexibility index (Phi) is 4.90. The predicted octanol–water partition coefficient (Wildman–Crippen LogP) is 2.12. The standard InChI is InChI=1S/C12H22N2O3S/c1-5-6-9-14(8(7-18-9)10(15)16)11(17)13-12(2,3)4/h8-9H,5-7H2,1-4H3,(H,13,17)(H,15,16). The molecule has 18 heavy (non-hydrogen) atoms. The number of hydrogen-bond donors (Lipinski definition) is 2. The van der Waals surface area contributed by atoms with E-state index in [9.17, 15) is 14.7 Å². The molecule has 2 N–H and O–H groups in total. The highest BCUT2D eigenvalue weighted by Gasteiger charge is 2.41. The number of carboxylic acid groups (broad SMARTS) is 1.